The fourth-order valence-electron chi connectivity index (χ4n) is 3.23. The maximum Gasteiger partial charge on any atom is 0.123 e. The van der Waals surface area contributed by atoms with Crippen LogP contribution in [-0.2, 0) is 13.1 Å². The molecule has 0 bridgehead atoms. The molecular weight excluding hydrogens is 366 g/mol. The average Bonchev–Trinajstić information content (AvgIpc) is 3.22. The molecule has 0 aliphatic carbocycles. The Labute approximate surface area is 172 Å². The van der Waals surface area contributed by atoms with E-state index in [1.165, 1.54) is 0 Å². The molecule has 0 spiro atoms. The largest absolute Gasteiger partial charge is 0.494 e. The van der Waals surface area contributed by atoms with E-state index in [4.69, 9.17) is 13.9 Å². The molecule has 1 N–H and O–H groups in total. The molecule has 0 saturated carbocycles. The van der Waals surface area contributed by atoms with Crippen molar-refractivity contribution >= 4 is 0 Å². The summed E-state index contributed by atoms with van der Waals surface area (Å²) in [5.74, 6) is 2.52. The highest BCUT2D eigenvalue weighted by atomic mass is 16.5. The lowest BCUT2D eigenvalue weighted by atomic mass is 10.1. The van der Waals surface area contributed by atoms with E-state index < -0.39 is 6.10 Å². The first-order chi connectivity index (χ1) is 14.2. The smallest absolute Gasteiger partial charge is 0.123 e. The van der Waals surface area contributed by atoms with Gasteiger partial charge in [0.25, 0.3) is 0 Å². The normalized spacial score (nSPS) is 12.1. The van der Waals surface area contributed by atoms with E-state index in [1.807, 2.05) is 68.4 Å². The van der Waals surface area contributed by atoms with Crippen molar-refractivity contribution in [3.05, 3.63) is 83.8 Å². The number of rotatable bonds is 11. The van der Waals surface area contributed by atoms with Crippen LogP contribution in [0.1, 0.15) is 23.8 Å². The molecule has 2 aromatic carbocycles. The van der Waals surface area contributed by atoms with Crippen molar-refractivity contribution in [3.8, 4) is 11.5 Å². The molecule has 3 rings (SSSR count). The number of aliphatic hydroxyl groups is 1. The zero-order chi connectivity index (χ0) is 20.5. The Morgan fingerprint density at radius 1 is 0.931 bits per heavy atom. The molecule has 1 heterocycles. The molecule has 0 aliphatic rings. The lowest BCUT2D eigenvalue weighted by Crippen LogP contribution is -2.35. The van der Waals surface area contributed by atoms with E-state index in [9.17, 15) is 5.11 Å². The molecule has 0 saturated heterocycles. The second kappa shape index (κ2) is 10.7. The topological polar surface area (TPSA) is 55.1 Å². The molecular formula is C24H29NO4. The van der Waals surface area contributed by atoms with Gasteiger partial charge in [-0.15, -0.1) is 0 Å². The minimum absolute atomic E-state index is 0.229. The highest BCUT2D eigenvalue weighted by molar-refractivity contribution is 5.33. The number of aryl methyl sites for hydroxylation is 1. The first-order valence-electron chi connectivity index (χ1n) is 9.97. The number of para-hydroxylation sites is 2. The third-order valence-electron chi connectivity index (χ3n) is 4.62. The minimum atomic E-state index is -0.635. The quantitative estimate of drug-likeness (QED) is 0.521. The van der Waals surface area contributed by atoms with Crippen LogP contribution in [0.25, 0.3) is 0 Å². The van der Waals surface area contributed by atoms with Crippen LogP contribution in [-0.4, -0.2) is 35.9 Å². The summed E-state index contributed by atoms with van der Waals surface area (Å²) in [5.41, 5.74) is 2.13. The Morgan fingerprint density at radius 3 is 2.41 bits per heavy atom. The molecule has 0 radical (unpaired) electrons. The van der Waals surface area contributed by atoms with Crippen molar-refractivity contribution in [1.29, 1.82) is 0 Å². The van der Waals surface area contributed by atoms with Crippen LogP contribution in [0, 0.1) is 6.92 Å². The molecule has 1 unspecified atom stereocenters. The Morgan fingerprint density at radius 2 is 1.69 bits per heavy atom. The van der Waals surface area contributed by atoms with Crippen molar-refractivity contribution in [2.45, 2.75) is 33.0 Å². The number of aliphatic hydroxyl groups excluding tert-OH is 1. The third-order valence-corrected chi connectivity index (χ3v) is 4.62. The van der Waals surface area contributed by atoms with Gasteiger partial charge in [-0.1, -0.05) is 36.4 Å². The number of nitrogens with zero attached hydrogens (tertiary/aromatic N) is 1. The van der Waals surface area contributed by atoms with Gasteiger partial charge in [0.15, 0.2) is 0 Å². The molecule has 5 heteroatoms. The van der Waals surface area contributed by atoms with Crippen LogP contribution >= 0.6 is 0 Å². The van der Waals surface area contributed by atoms with Crippen molar-refractivity contribution < 1.29 is 19.0 Å². The maximum absolute atomic E-state index is 10.6. The van der Waals surface area contributed by atoms with Crippen LogP contribution in [0.15, 0.2) is 71.3 Å². The SMILES string of the molecule is CCOc1ccccc1CN(Cc1ccco1)CC(O)COc1ccccc1C. The van der Waals surface area contributed by atoms with Gasteiger partial charge in [0.05, 0.1) is 19.4 Å². The highest BCUT2D eigenvalue weighted by Gasteiger charge is 2.17. The molecule has 0 amide bonds. The van der Waals surface area contributed by atoms with E-state index in [2.05, 4.69) is 11.0 Å². The summed E-state index contributed by atoms with van der Waals surface area (Å²) < 4.78 is 17.1. The van der Waals surface area contributed by atoms with Gasteiger partial charge in [-0.3, -0.25) is 4.90 Å². The number of hydrogen-bond acceptors (Lipinski definition) is 5. The predicted octanol–water partition coefficient (Wildman–Crippen LogP) is 4.43. The van der Waals surface area contributed by atoms with Gasteiger partial charge >= 0.3 is 0 Å². The summed E-state index contributed by atoms with van der Waals surface area (Å²) in [6.07, 6.45) is 1.03. The fourth-order valence-corrected chi connectivity index (χ4v) is 3.23. The monoisotopic (exact) mass is 395 g/mol. The zero-order valence-electron chi connectivity index (χ0n) is 17.1. The summed E-state index contributed by atoms with van der Waals surface area (Å²) >= 11 is 0. The molecule has 29 heavy (non-hydrogen) atoms. The molecule has 0 aliphatic heterocycles. The van der Waals surface area contributed by atoms with Gasteiger partial charge in [0.1, 0.15) is 30.0 Å². The minimum Gasteiger partial charge on any atom is -0.494 e. The first-order valence-corrected chi connectivity index (χ1v) is 9.97. The molecule has 154 valence electrons. The lowest BCUT2D eigenvalue weighted by molar-refractivity contribution is 0.0599. The second-order valence-corrected chi connectivity index (χ2v) is 7.02. The van der Waals surface area contributed by atoms with Gasteiger partial charge < -0.3 is 19.0 Å². The van der Waals surface area contributed by atoms with Gasteiger partial charge in [0, 0.05) is 18.7 Å². The van der Waals surface area contributed by atoms with Crippen LogP contribution in [0.3, 0.4) is 0 Å². The summed E-state index contributed by atoms with van der Waals surface area (Å²) in [7, 11) is 0. The van der Waals surface area contributed by atoms with E-state index in [0.29, 0.717) is 26.2 Å². The molecule has 3 aromatic rings. The second-order valence-electron chi connectivity index (χ2n) is 7.02. The van der Waals surface area contributed by atoms with Gasteiger partial charge in [-0.05, 0) is 43.7 Å². The van der Waals surface area contributed by atoms with Crippen LogP contribution < -0.4 is 9.47 Å². The Balaban J connectivity index is 1.66. The summed E-state index contributed by atoms with van der Waals surface area (Å²) in [4.78, 5) is 2.14. The Kier molecular flexibility index (Phi) is 7.73. The number of ether oxygens (including phenoxy) is 2. The number of hydrogen-bond donors (Lipinski definition) is 1. The van der Waals surface area contributed by atoms with E-state index in [1.54, 1.807) is 6.26 Å². The van der Waals surface area contributed by atoms with Crippen LogP contribution in [0.4, 0.5) is 0 Å². The van der Waals surface area contributed by atoms with Gasteiger partial charge in [0.2, 0.25) is 0 Å². The maximum atomic E-state index is 10.6. The predicted molar refractivity (Wildman–Crippen MR) is 113 cm³/mol. The first kappa shape index (κ1) is 21.0. The lowest BCUT2D eigenvalue weighted by Gasteiger charge is -2.25. The summed E-state index contributed by atoms with van der Waals surface area (Å²) in [5, 5.41) is 10.6. The molecule has 0 fully saturated rings. The van der Waals surface area contributed by atoms with Gasteiger partial charge in [-0.25, -0.2) is 0 Å². The Bertz CT molecular complexity index is 863. The van der Waals surface area contributed by atoms with E-state index in [-0.39, 0.29) is 6.61 Å². The van der Waals surface area contributed by atoms with Crippen molar-refractivity contribution in [2.24, 2.45) is 0 Å². The Hall–Kier alpha value is -2.76. The number of furan rings is 1. The van der Waals surface area contributed by atoms with E-state index >= 15 is 0 Å². The van der Waals surface area contributed by atoms with E-state index in [0.717, 1.165) is 28.4 Å². The molecule has 1 atom stereocenters. The van der Waals surface area contributed by atoms with Crippen molar-refractivity contribution in [3.63, 3.8) is 0 Å². The highest BCUT2D eigenvalue weighted by Crippen LogP contribution is 2.22. The summed E-state index contributed by atoms with van der Waals surface area (Å²) in [6.45, 7) is 6.49. The van der Waals surface area contributed by atoms with Crippen LogP contribution in [0.2, 0.25) is 0 Å². The van der Waals surface area contributed by atoms with Crippen molar-refractivity contribution in [2.75, 3.05) is 19.8 Å². The summed E-state index contributed by atoms with van der Waals surface area (Å²) in [6, 6.07) is 19.6. The van der Waals surface area contributed by atoms with Gasteiger partial charge in [-0.2, -0.15) is 0 Å². The number of benzene rings is 2. The third kappa shape index (κ3) is 6.38. The standard InChI is InChI=1S/C24H29NO4/c1-3-27-24-13-7-5-10-20(24)15-25(17-22-11-8-14-28-22)16-21(26)18-29-23-12-6-4-9-19(23)2/h4-14,21,26H,3,15-18H2,1-2H3. The molecule has 5 nitrogen and oxygen atoms in total. The average molecular weight is 395 g/mol. The van der Waals surface area contributed by atoms with Crippen LogP contribution in [0.5, 0.6) is 11.5 Å². The fraction of sp³-hybridized carbons (Fsp3) is 0.333. The molecule has 1 aromatic heterocycles. The van der Waals surface area contributed by atoms with Crippen molar-refractivity contribution in [1.82, 2.24) is 4.90 Å². The zero-order valence-corrected chi connectivity index (χ0v) is 17.1.